The maximum absolute atomic E-state index is 12.5. The molecule has 4 rings (SSSR count). The molecule has 0 spiro atoms. The number of benzene rings is 2. The van der Waals surface area contributed by atoms with Crippen molar-refractivity contribution in [2.24, 2.45) is 0 Å². The smallest absolute Gasteiger partial charge is 0.228 e. The summed E-state index contributed by atoms with van der Waals surface area (Å²) in [6, 6.07) is 9.78. The predicted octanol–water partition coefficient (Wildman–Crippen LogP) is 5.41. The lowest BCUT2D eigenvalue weighted by Crippen LogP contribution is -1.97. The van der Waals surface area contributed by atoms with E-state index >= 15 is 0 Å². The lowest BCUT2D eigenvalue weighted by molar-refractivity contribution is 0.191. The van der Waals surface area contributed by atoms with Gasteiger partial charge in [0.2, 0.25) is 6.86 Å². The molecular formula is C19H12Cl2FN3O2. The van der Waals surface area contributed by atoms with Crippen molar-refractivity contribution in [1.29, 1.82) is 0 Å². The van der Waals surface area contributed by atoms with Crippen LogP contribution in [0.3, 0.4) is 0 Å². The number of phenols is 1. The number of imidazole rings is 1. The van der Waals surface area contributed by atoms with Crippen LogP contribution in [0.4, 0.5) is 4.39 Å². The Labute approximate surface area is 163 Å². The van der Waals surface area contributed by atoms with Gasteiger partial charge in [-0.1, -0.05) is 23.2 Å². The summed E-state index contributed by atoms with van der Waals surface area (Å²) in [6.45, 7) is -1.00. The van der Waals surface area contributed by atoms with Gasteiger partial charge in [-0.2, -0.15) is 0 Å². The first-order valence-corrected chi connectivity index (χ1v) is 8.62. The van der Waals surface area contributed by atoms with E-state index in [0.29, 0.717) is 26.8 Å². The first-order chi connectivity index (χ1) is 13.1. The van der Waals surface area contributed by atoms with Crippen molar-refractivity contribution >= 4 is 34.1 Å². The third-order valence-electron chi connectivity index (χ3n) is 4.04. The molecule has 1 N–H and O–H groups in total. The first-order valence-electron chi connectivity index (χ1n) is 7.87. The molecular weight excluding hydrogens is 392 g/mol. The number of phenolic OH excluding ortho intramolecular Hbond substituents is 1. The lowest BCUT2D eigenvalue weighted by atomic mass is 10.1. The van der Waals surface area contributed by atoms with Crippen LogP contribution in [0.1, 0.15) is 0 Å². The van der Waals surface area contributed by atoms with Gasteiger partial charge in [-0.05, 0) is 30.3 Å². The van der Waals surface area contributed by atoms with Crippen molar-refractivity contribution in [2.45, 2.75) is 0 Å². The quantitative estimate of drug-likeness (QED) is 0.495. The summed E-state index contributed by atoms with van der Waals surface area (Å²) in [5, 5.41) is 11.4. The van der Waals surface area contributed by atoms with Gasteiger partial charge < -0.3 is 14.4 Å². The van der Waals surface area contributed by atoms with Gasteiger partial charge in [0.05, 0.1) is 33.3 Å². The van der Waals surface area contributed by atoms with Crippen LogP contribution in [0.15, 0.2) is 55.1 Å². The standard InChI is InChI=1S/C19H12Cl2FN3O2/c20-15-2-1-14-17(25-4-3-23-10-25)8-16(24-19(14)18(15)21)11-5-12(26)7-13(6-11)27-9-22/h1-8,10,26H,9H2. The molecule has 2 heterocycles. The zero-order valence-corrected chi connectivity index (χ0v) is 15.2. The third-order valence-corrected chi connectivity index (χ3v) is 4.84. The number of hydrogen-bond donors (Lipinski definition) is 1. The second-order valence-electron chi connectivity index (χ2n) is 5.72. The number of fused-ring (bicyclic) bond motifs is 1. The van der Waals surface area contributed by atoms with Gasteiger partial charge in [0.25, 0.3) is 0 Å². The van der Waals surface area contributed by atoms with Gasteiger partial charge in [-0.15, -0.1) is 0 Å². The summed E-state index contributed by atoms with van der Waals surface area (Å²) < 4.78 is 19.2. The van der Waals surface area contributed by atoms with Gasteiger partial charge in [0.15, 0.2) is 0 Å². The van der Waals surface area contributed by atoms with Crippen LogP contribution in [0.25, 0.3) is 27.8 Å². The molecule has 0 atom stereocenters. The van der Waals surface area contributed by atoms with Crippen LogP contribution in [0.2, 0.25) is 10.0 Å². The first kappa shape index (κ1) is 17.6. The van der Waals surface area contributed by atoms with E-state index < -0.39 is 6.86 Å². The Hall–Kier alpha value is -2.83. The van der Waals surface area contributed by atoms with Crippen molar-refractivity contribution in [1.82, 2.24) is 14.5 Å². The van der Waals surface area contributed by atoms with Crippen molar-refractivity contribution < 1.29 is 14.2 Å². The second kappa shape index (κ2) is 7.06. The van der Waals surface area contributed by atoms with Gasteiger partial charge in [-0.3, -0.25) is 0 Å². The number of pyridine rings is 1. The lowest BCUT2D eigenvalue weighted by Gasteiger charge is -2.13. The molecule has 0 unspecified atom stereocenters. The Morgan fingerprint density at radius 1 is 1.15 bits per heavy atom. The van der Waals surface area contributed by atoms with E-state index in [1.807, 2.05) is 16.7 Å². The maximum atomic E-state index is 12.5. The molecule has 0 saturated heterocycles. The normalized spacial score (nSPS) is 11.1. The molecule has 0 aliphatic heterocycles. The Kier molecular flexibility index (Phi) is 4.59. The number of alkyl halides is 1. The minimum absolute atomic E-state index is 0.0702. The van der Waals surface area contributed by atoms with Crippen molar-refractivity contribution in [2.75, 3.05) is 6.86 Å². The molecule has 27 heavy (non-hydrogen) atoms. The molecule has 0 saturated carbocycles. The SMILES string of the molecule is Oc1cc(OCF)cc(-c2cc(-n3ccnc3)c3ccc(Cl)c(Cl)c3n2)c1. The van der Waals surface area contributed by atoms with Crippen LogP contribution < -0.4 is 4.74 Å². The van der Waals surface area contributed by atoms with Crippen LogP contribution in [0.5, 0.6) is 11.5 Å². The summed E-state index contributed by atoms with van der Waals surface area (Å²) in [7, 11) is 0. The zero-order valence-electron chi connectivity index (χ0n) is 13.7. The molecule has 8 heteroatoms. The van der Waals surface area contributed by atoms with E-state index in [9.17, 15) is 9.50 Å². The van der Waals surface area contributed by atoms with Crippen LogP contribution in [0, 0.1) is 0 Å². The Balaban J connectivity index is 2.01. The summed E-state index contributed by atoms with van der Waals surface area (Å²) in [5.41, 5.74) is 2.33. The largest absolute Gasteiger partial charge is 0.508 e. The predicted molar refractivity (Wildman–Crippen MR) is 103 cm³/mol. The van der Waals surface area contributed by atoms with Crippen molar-refractivity contribution in [3.63, 3.8) is 0 Å². The summed E-state index contributed by atoms with van der Waals surface area (Å²) in [6.07, 6.45) is 5.10. The van der Waals surface area contributed by atoms with E-state index in [0.717, 1.165) is 11.1 Å². The number of halogens is 3. The number of hydrogen-bond acceptors (Lipinski definition) is 4. The summed E-state index contributed by atoms with van der Waals surface area (Å²) in [4.78, 5) is 8.69. The zero-order chi connectivity index (χ0) is 19.0. The molecule has 4 aromatic rings. The number of rotatable bonds is 4. The van der Waals surface area contributed by atoms with E-state index in [4.69, 9.17) is 27.9 Å². The molecule has 136 valence electrons. The molecule has 0 aliphatic carbocycles. The molecule has 0 amide bonds. The molecule has 2 aromatic carbocycles. The van der Waals surface area contributed by atoms with Crippen molar-refractivity contribution in [3.05, 3.63) is 65.2 Å². The molecule has 0 aliphatic rings. The van der Waals surface area contributed by atoms with Crippen LogP contribution in [-0.2, 0) is 0 Å². The third kappa shape index (κ3) is 3.29. The topological polar surface area (TPSA) is 60.2 Å². The highest BCUT2D eigenvalue weighted by molar-refractivity contribution is 6.45. The summed E-state index contributed by atoms with van der Waals surface area (Å²) >= 11 is 12.6. The monoisotopic (exact) mass is 403 g/mol. The minimum atomic E-state index is -1.00. The van der Waals surface area contributed by atoms with Crippen LogP contribution in [-0.4, -0.2) is 26.5 Å². The molecule has 2 aromatic heterocycles. The van der Waals surface area contributed by atoms with Crippen molar-refractivity contribution in [3.8, 4) is 28.4 Å². The summed E-state index contributed by atoms with van der Waals surface area (Å²) in [5.74, 6) is 0.120. The highest BCUT2D eigenvalue weighted by atomic mass is 35.5. The minimum Gasteiger partial charge on any atom is -0.508 e. The van der Waals surface area contributed by atoms with Gasteiger partial charge in [-0.25, -0.2) is 14.4 Å². The molecule has 0 radical (unpaired) electrons. The maximum Gasteiger partial charge on any atom is 0.228 e. The van der Waals surface area contributed by atoms with E-state index in [2.05, 4.69) is 9.97 Å². The number of aromatic nitrogens is 3. The fraction of sp³-hybridized carbons (Fsp3) is 0.0526. The fourth-order valence-electron chi connectivity index (χ4n) is 2.86. The number of ether oxygens (including phenoxy) is 1. The van der Waals surface area contributed by atoms with Crippen LogP contribution >= 0.6 is 23.2 Å². The Morgan fingerprint density at radius 3 is 2.74 bits per heavy atom. The highest BCUT2D eigenvalue weighted by Gasteiger charge is 2.15. The molecule has 0 fully saturated rings. The molecule has 0 bridgehead atoms. The van der Waals surface area contributed by atoms with E-state index in [-0.39, 0.29) is 11.5 Å². The second-order valence-corrected chi connectivity index (χ2v) is 6.51. The average Bonchev–Trinajstić information content (AvgIpc) is 3.18. The Bertz CT molecular complexity index is 1130. The van der Waals surface area contributed by atoms with E-state index in [1.165, 1.54) is 12.1 Å². The number of aromatic hydroxyl groups is 1. The molecule has 5 nitrogen and oxygen atoms in total. The number of nitrogens with zero attached hydrogens (tertiary/aromatic N) is 3. The van der Waals surface area contributed by atoms with Gasteiger partial charge >= 0.3 is 0 Å². The van der Waals surface area contributed by atoms with E-state index in [1.54, 1.807) is 30.9 Å². The Morgan fingerprint density at radius 2 is 2.00 bits per heavy atom. The van der Waals surface area contributed by atoms with Gasteiger partial charge in [0.1, 0.15) is 11.5 Å². The highest BCUT2D eigenvalue weighted by Crippen LogP contribution is 2.36. The fourth-order valence-corrected chi connectivity index (χ4v) is 3.22. The average molecular weight is 404 g/mol. The van der Waals surface area contributed by atoms with Gasteiger partial charge in [0, 0.05) is 29.4 Å².